The summed E-state index contributed by atoms with van der Waals surface area (Å²) in [4.78, 5) is 4.24. The predicted molar refractivity (Wildman–Crippen MR) is 112 cm³/mol. The molecule has 0 aliphatic heterocycles. The van der Waals surface area contributed by atoms with Gasteiger partial charge in [-0.25, -0.2) is 0 Å². The SMILES string of the molecule is COc1ccccc1-c1c(-c2ccccc2CN)cnc2c(C(F)(F)F)cccc12. The smallest absolute Gasteiger partial charge is 0.418 e. The lowest BCUT2D eigenvalue weighted by Gasteiger charge is -2.19. The number of hydrogen-bond donors (Lipinski definition) is 1. The number of hydrogen-bond acceptors (Lipinski definition) is 3. The molecule has 0 fully saturated rings. The van der Waals surface area contributed by atoms with Crippen molar-refractivity contribution in [2.45, 2.75) is 12.7 Å². The van der Waals surface area contributed by atoms with E-state index in [9.17, 15) is 13.2 Å². The molecule has 0 unspecified atom stereocenters. The van der Waals surface area contributed by atoms with Gasteiger partial charge < -0.3 is 10.5 Å². The molecular formula is C24H19F3N2O. The van der Waals surface area contributed by atoms with Crippen molar-refractivity contribution in [1.82, 2.24) is 4.98 Å². The highest BCUT2D eigenvalue weighted by atomic mass is 19.4. The van der Waals surface area contributed by atoms with Crippen molar-refractivity contribution in [3.05, 3.63) is 84.1 Å². The number of halogens is 3. The third-order valence-electron chi connectivity index (χ3n) is 5.11. The Morgan fingerprint density at radius 2 is 1.57 bits per heavy atom. The highest BCUT2D eigenvalue weighted by molar-refractivity contribution is 6.04. The first-order valence-electron chi connectivity index (χ1n) is 9.36. The fourth-order valence-corrected chi connectivity index (χ4v) is 3.76. The van der Waals surface area contributed by atoms with E-state index >= 15 is 0 Å². The summed E-state index contributed by atoms with van der Waals surface area (Å²) in [7, 11) is 1.54. The van der Waals surface area contributed by atoms with E-state index in [0.717, 1.165) is 17.2 Å². The molecule has 4 rings (SSSR count). The van der Waals surface area contributed by atoms with Crippen LogP contribution in [0.3, 0.4) is 0 Å². The molecule has 0 atom stereocenters. The summed E-state index contributed by atoms with van der Waals surface area (Å²) in [6.45, 7) is 0.294. The molecule has 1 aromatic heterocycles. The Morgan fingerprint density at radius 3 is 2.27 bits per heavy atom. The second kappa shape index (κ2) is 7.80. The Balaban J connectivity index is 2.16. The number of pyridine rings is 1. The largest absolute Gasteiger partial charge is 0.496 e. The maximum atomic E-state index is 13.7. The van der Waals surface area contributed by atoms with Crippen LogP contribution in [0.4, 0.5) is 13.2 Å². The van der Waals surface area contributed by atoms with Gasteiger partial charge in [-0.1, -0.05) is 54.6 Å². The Hall–Kier alpha value is -3.38. The van der Waals surface area contributed by atoms with E-state index in [0.29, 0.717) is 34.4 Å². The Morgan fingerprint density at radius 1 is 0.867 bits per heavy atom. The number of fused-ring (bicyclic) bond motifs is 1. The van der Waals surface area contributed by atoms with Gasteiger partial charge in [-0.2, -0.15) is 13.2 Å². The molecule has 0 spiro atoms. The topological polar surface area (TPSA) is 48.1 Å². The van der Waals surface area contributed by atoms with Gasteiger partial charge >= 0.3 is 6.18 Å². The van der Waals surface area contributed by atoms with Crippen molar-refractivity contribution in [3.63, 3.8) is 0 Å². The van der Waals surface area contributed by atoms with Crippen LogP contribution >= 0.6 is 0 Å². The number of methoxy groups -OCH3 is 1. The monoisotopic (exact) mass is 408 g/mol. The molecule has 0 amide bonds. The van der Waals surface area contributed by atoms with Crippen LogP contribution in [0.25, 0.3) is 33.2 Å². The quantitative estimate of drug-likeness (QED) is 0.447. The van der Waals surface area contributed by atoms with Gasteiger partial charge in [0.25, 0.3) is 0 Å². The van der Waals surface area contributed by atoms with Gasteiger partial charge in [-0.15, -0.1) is 0 Å². The minimum atomic E-state index is -4.51. The number of nitrogens with two attached hydrogens (primary N) is 1. The second-order valence-corrected chi connectivity index (χ2v) is 6.81. The van der Waals surface area contributed by atoms with Crippen LogP contribution in [-0.4, -0.2) is 12.1 Å². The molecule has 152 valence electrons. The standard InChI is InChI=1S/C24H19F3N2O/c1-30-21-12-5-4-9-17(21)22-18-10-6-11-20(24(25,26)27)23(18)29-14-19(22)16-8-3-2-7-15(16)13-28/h2-12,14H,13,28H2,1H3. The fraction of sp³-hybridized carbons (Fsp3) is 0.125. The molecule has 4 aromatic rings. The minimum Gasteiger partial charge on any atom is -0.496 e. The number of nitrogens with zero attached hydrogens (tertiary/aromatic N) is 1. The van der Waals surface area contributed by atoms with Gasteiger partial charge in [-0.3, -0.25) is 4.98 Å². The molecule has 0 saturated heterocycles. The van der Waals surface area contributed by atoms with E-state index in [-0.39, 0.29) is 5.52 Å². The summed E-state index contributed by atoms with van der Waals surface area (Å²) < 4.78 is 46.5. The molecule has 30 heavy (non-hydrogen) atoms. The van der Waals surface area contributed by atoms with E-state index in [1.165, 1.54) is 19.4 Å². The van der Waals surface area contributed by atoms with Crippen molar-refractivity contribution < 1.29 is 17.9 Å². The number of aromatic nitrogens is 1. The molecule has 6 heteroatoms. The Kier molecular flexibility index (Phi) is 5.18. The van der Waals surface area contributed by atoms with Crippen LogP contribution in [0.2, 0.25) is 0 Å². The number of rotatable bonds is 4. The highest BCUT2D eigenvalue weighted by Crippen LogP contribution is 2.44. The zero-order valence-electron chi connectivity index (χ0n) is 16.2. The van der Waals surface area contributed by atoms with Crippen molar-refractivity contribution in [2.24, 2.45) is 5.73 Å². The highest BCUT2D eigenvalue weighted by Gasteiger charge is 2.34. The first-order valence-corrected chi connectivity index (χ1v) is 9.36. The van der Waals surface area contributed by atoms with Gasteiger partial charge in [0.05, 0.1) is 18.2 Å². The van der Waals surface area contributed by atoms with Crippen molar-refractivity contribution in [2.75, 3.05) is 7.11 Å². The number of benzene rings is 3. The summed E-state index contributed by atoms with van der Waals surface area (Å²) in [6, 6.07) is 18.9. The summed E-state index contributed by atoms with van der Waals surface area (Å²) >= 11 is 0. The maximum absolute atomic E-state index is 13.7. The van der Waals surface area contributed by atoms with Crippen LogP contribution in [0.1, 0.15) is 11.1 Å². The number of alkyl halides is 3. The molecule has 2 N–H and O–H groups in total. The van der Waals surface area contributed by atoms with Crippen LogP contribution in [0, 0.1) is 0 Å². The lowest BCUT2D eigenvalue weighted by molar-refractivity contribution is -0.136. The average Bonchev–Trinajstić information content (AvgIpc) is 2.77. The average molecular weight is 408 g/mol. The van der Waals surface area contributed by atoms with Crippen molar-refractivity contribution >= 4 is 10.9 Å². The van der Waals surface area contributed by atoms with Crippen LogP contribution in [-0.2, 0) is 12.7 Å². The lowest BCUT2D eigenvalue weighted by atomic mass is 9.89. The van der Waals surface area contributed by atoms with Crippen molar-refractivity contribution in [1.29, 1.82) is 0 Å². The van der Waals surface area contributed by atoms with Gasteiger partial charge in [-0.05, 0) is 23.3 Å². The van der Waals surface area contributed by atoms with E-state index in [1.807, 2.05) is 42.5 Å². The lowest BCUT2D eigenvalue weighted by Crippen LogP contribution is -2.07. The number of ether oxygens (including phenoxy) is 1. The van der Waals surface area contributed by atoms with Gasteiger partial charge in [0.2, 0.25) is 0 Å². The van der Waals surface area contributed by atoms with E-state index < -0.39 is 11.7 Å². The van der Waals surface area contributed by atoms with Crippen molar-refractivity contribution in [3.8, 4) is 28.0 Å². The molecular weight excluding hydrogens is 389 g/mol. The third-order valence-corrected chi connectivity index (χ3v) is 5.11. The van der Waals surface area contributed by atoms with E-state index in [4.69, 9.17) is 10.5 Å². The molecule has 0 aliphatic carbocycles. The molecule has 3 nitrogen and oxygen atoms in total. The first-order chi connectivity index (χ1) is 14.5. The van der Waals surface area contributed by atoms with E-state index in [1.54, 1.807) is 12.1 Å². The second-order valence-electron chi connectivity index (χ2n) is 6.81. The summed E-state index contributed by atoms with van der Waals surface area (Å²) in [5.41, 5.74) is 8.79. The zero-order chi connectivity index (χ0) is 21.3. The first kappa shape index (κ1) is 19.9. The van der Waals surface area contributed by atoms with E-state index in [2.05, 4.69) is 4.98 Å². The molecule has 1 heterocycles. The molecule has 0 bridgehead atoms. The summed E-state index contributed by atoms with van der Waals surface area (Å²) in [5.74, 6) is 0.564. The zero-order valence-corrected chi connectivity index (χ0v) is 16.2. The fourth-order valence-electron chi connectivity index (χ4n) is 3.76. The van der Waals surface area contributed by atoms with Gasteiger partial charge in [0.15, 0.2) is 0 Å². The number of para-hydroxylation sites is 2. The Bertz CT molecular complexity index is 1220. The minimum absolute atomic E-state index is 0.0973. The van der Waals surface area contributed by atoms with Crippen LogP contribution in [0.15, 0.2) is 72.9 Å². The van der Waals surface area contributed by atoms with Crippen LogP contribution < -0.4 is 10.5 Å². The van der Waals surface area contributed by atoms with Gasteiger partial charge in [0, 0.05) is 34.8 Å². The summed E-state index contributed by atoms with van der Waals surface area (Å²) in [5, 5.41) is 0.402. The van der Waals surface area contributed by atoms with Crippen LogP contribution in [0.5, 0.6) is 5.75 Å². The third kappa shape index (κ3) is 3.39. The molecule has 3 aromatic carbocycles. The summed E-state index contributed by atoms with van der Waals surface area (Å²) in [6.07, 6.45) is -3.02. The maximum Gasteiger partial charge on any atom is 0.418 e. The molecule has 0 aliphatic rings. The molecule has 0 saturated carbocycles. The van der Waals surface area contributed by atoms with Gasteiger partial charge in [0.1, 0.15) is 5.75 Å². The predicted octanol–water partition coefficient (Wildman–Crippen LogP) is 6.05. The normalized spacial score (nSPS) is 11.6. The molecule has 0 radical (unpaired) electrons. The Labute approximate surface area is 171 Å².